The second-order valence-corrected chi connectivity index (χ2v) is 3.96. The summed E-state index contributed by atoms with van der Waals surface area (Å²) >= 11 is 0. The number of aryl methyl sites for hydroxylation is 1. The fourth-order valence-electron chi connectivity index (χ4n) is 1.76. The highest BCUT2D eigenvalue weighted by atomic mass is 16.5. The first-order valence-corrected chi connectivity index (χ1v) is 5.97. The summed E-state index contributed by atoms with van der Waals surface area (Å²) in [5, 5.41) is 8.67. The van der Waals surface area contributed by atoms with Gasteiger partial charge in [0.15, 0.2) is 0 Å². The van der Waals surface area contributed by atoms with Crippen LogP contribution in [0.25, 0.3) is 0 Å². The maximum Gasteiger partial charge on any atom is 0.338 e. The summed E-state index contributed by atoms with van der Waals surface area (Å²) < 4.78 is 4.74. The van der Waals surface area contributed by atoms with Crippen molar-refractivity contribution in [3.63, 3.8) is 0 Å². The molecule has 0 amide bonds. The average Bonchev–Trinajstić information content (AvgIpc) is 2.38. The van der Waals surface area contributed by atoms with E-state index < -0.39 is 0 Å². The fourth-order valence-corrected chi connectivity index (χ4v) is 1.76. The third kappa shape index (κ3) is 4.57. The van der Waals surface area contributed by atoms with Crippen LogP contribution in [0.1, 0.15) is 41.6 Å². The molecule has 0 aliphatic heterocycles. The van der Waals surface area contributed by atoms with Crippen molar-refractivity contribution in [2.75, 3.05) is 13.7 Å². The molecule has 0 fully saturated rings. The second kappa shape index (κ2) is 7.85. The van der Waals surface area contributed by atoms with Crippen LogP contribution >= 0.6 is 0 Å². The molecule has 17 heavy (non-hydrogen) atoms. The van der Waals surface area contributed by atoms with Gasteiger partial charge in [-0.2, -0.15) is 0 Å². The third-order valence-electron chi connectivity index (χ3n) is 2.71. The Hall–Kier alpha value is -1.35. The molecule has 0 atom stereocenters. The molecule has 1 aromatic rings. The Morgan fingerprint density at radius 1 is 1.35 bits per heavy atom. The molecule has 0 heterocycles. The van der Waals surface area contributed by atoms with Crippen molar-refractivity contribution in [3.8, 4) is 0 Å². The number of hydrogen-bond donors (Lipinski definition) is 1. The summed E-state index contributed by atoms with van der Waals surface area (Å²) in [5.41, 5.74) is 1.62. The Morgan fingerprint density at radius 2 is 2.12 bits per heavy atom. The van der Waals surface area contributed by atoms with Gasteiger partial charge in [-0.25, -0.2) is 4.79 Å². The first-order valence-electron chi connectivity index (χ1n) is 5.97. The standard InChI is InChI=1S/C14H19O3/c1-17-14(16)13-10-6-5-9-12(13)8-4-2-3-7-11-15/h6,9-10,15H,2-4,7-8,11H2,1H3. The number of unbranched alkanes of at least 4 members (excludes halogenated alkanes) is 3. The van der Waals surface area contributed by atoms with Crippen molar-refractivity contribution in [2.45, 2.75) is 32.1 Å². The van der Waals surface area contributed by atoms with Crippen LogP contribution in [0.4, 0.5) is 0 Å². The lowest BCUT2D eigenvalue weighted by Crippen LogP contribution is -2.05. The molecule has 0 spiro atoms. The molecule has 0 aromatic heterocycles. The Labute approximate surface area is 102 Å². The Morgan fingerprint density at radius 3 is 2.82 bits per heavy atom. The van der Waals surface area contributed by atoms with Crippen LogP contribution in [0.2, 0.25) is 0 Å². The van der Waals surface area contributed by atoms with Crippen LogP contribution in [-0.4, -0.2) is 24.8 Å². The lowest BCUT2D eigenvalue weighted by atomic mass is 10.0. The SMILES string of the molecule is COC(=O)c1cc[c]cc1CCCCCCO. The van der Waals surface area contributed by atoms with E-state index in [4.69, 9.17) is 9.84 Å². The van der Waals surface area contributed by atoms with Gasteiger partial charge < -0.3 is 9.84 Å². The molecule has 1 N–H and O–H groups in total. The lowest BCUT2D eigenvalue weighted by molar-refractivity contribution is 0.0599. The molecule has 93 valence electrons. The van der Waals surface area contributed by atoms with Gasteiger partial charge in [-0.3, -0.25) is 0 Å². The van der Waals surface area contributed by atoms with Crippen molar-refractivity contribution >= 4 is 5.97 Å². The van der Waals surface area contributed by atoms with E-state index in [2.05, 4.69) is 6.07 Å². The Kier molecular flexibility index (Phi) is 6.33. The third-order valence-corrected chi connectivity index (χ3v) is 2.71. The molecule has 3 nitrogen and oxygen atoms in total. The summed E-state index contributed by atoms with van der Waals surface area (Å²) in [6, 6.07) is 8.30. The highest BCUT2D eigenvalue weighted by Gasteiger charge is 2.10. The van der Waals surface area contributed by atoms with E-state index in [-0.39, 0.29) is 12.6 Å². The fraction of sp³-hybridized carbons (Fsp3) is 0.500. The Balaban J connectivity index is 2.49. The van der Waals surface area contributed by atoms with Gasteiger partial charge >= 0.3 is 5.97 Å². The van der Waals surface area contributed by atoms with Gasteiger partial charge in [0, 0.05) is 6.61 Å². The molecule has 0 saturated heterocycles. The van der Waals surface area contributed by atoms with Crippen molar-refractivity contribution in [1.82, 2.24) is 0 Å². The number of aliphatic hydroxyl groups is 1. The van der Waals surface area contributed by atoms with E-state index in [9.17, 15) is 4.79 Å². The molecule has 0 saturated carbocycles. The van der Waals surface area contributed by atoms with E-state index in [0.29, 0.717) is 5.56 Å². The number of esters is 1. The van der Waals surface area contributed by atoms with Crippen LogP contribution in [0.5, 0.6) is 0 Å². The minimum Gasteiger partial charge on any atom is -0.465 e. The normalized spacial score (nSPS) is 10.2. The van der Waals surface area contributed by atoms with Gasteiger partial charge in [-0.05, 0) is 37.0 Å². The topological polar surface area (TPSA) is 46.5 Å². The molecule has 3 heteroatoms. The highest BCUT2D eigenvalue weighted by Crippen LogP contribution is 2.14. The van der Waals surface area contributed by atoms with E-state index in [1.807, 2.05) is 6.07 Å². The number of benzene rings is 1. The molecule has 1 aromatic carbocycles. The van der Waals surface area contributed by atoms with Crippen LogP contribution in [0.3, 0.4) is 0 Å². The van der Waals surface area contributed by atoms with E-state index in [1.54, 1.807) is 12.1 Å². The number of hydrogen-bond acceptors (Lipinski definition) is 3. The number of rotatable bonds is 7. The van der Waals surface area contributed by atoms with Crippen molar-refractivity contribution in [3.05, 3.63) is 35.4 Å². The van der Waals surface area contributed by atoms with Crippen LogP contribution in [0.15, 0.2) is 18.2 Å². The van der Waals surface area contributed by atoms with E-state index in [1.165, 1.54) is 7.11 Å². The number of carbonyl (C=O) groups is 1. The molecule has 0 aliphatic carbocycles. The van der Waals surface area contributed by atoms with Gasteiger partial charge in [-0.1, -0.05) is 25.0 Å². The molecule has 0 aliphatic rings. The summed E-state index contributed by atoms with van der Waals surface area (Å²) in [7, 11) is 1.39. The first-order chi connectivity index (χ1) is 8.29. The van der Waals surface area contributed by atoms with E-state index in [0.717, 1.165) is 37.7 Å². The van der Waals surface area contributed by atoms with Crippen molar-refractivity contribution < 1.29 is 14.6 Å². The number of carbonyl (C=O) groups excluding carboxylic acids is 1. The van der Waals surface area contributed by atoms with Gasteiger partial charge in [0.2, 0.25) is 0 Å². The maximum absolute atomic E-state index is 11.5. The molecule has 1 radical (unpaired) electrons. The van der Waals surface area contributed by atoms with Gasteiger partial charge in [0.05, 0.1) is 12.7 Å². The largest absolute Gasteiger partial charge is 0.465 e. The molecule has 1 rings (SSSR count). The minimum absolute atomic E-state index is 0.256. The predicted molar refractivity (Wildman–Crippen MR) is 65.9 cm³/mol. The van der Waals surface area contributed by atoms with Crippen LogP contribution in [0, 0.1) is 6.07 Å². The molecular weight excluding hydrogens is 216 g/mol. The zero-order valence-corrected chi connectivity index (χ0v) is 10.2. The molecule has 0 unspecified atom stereocenters. The number of ether oxygens (including phenoxy) is 1. The van der Waals surface area contributed by atoms with E-state index >= 15 is 0 Å². The molecule has 0 bridgehead atoms. The Bertz CT molecular complexity index is 347. The van der Waals surface area contributed by atoms with Gasteiger partial charge in [-0.15, -0.1) is 0 Å². The maximum atomic E-state index is 11.5. The summed E-state index contributed by atoms with van der Waals surface area (Å²) in [5.74, 6) is -0.288. The minimum atomic E-state index is -0.288. The monoisotopic (exact) mass is 235 g/mol. The summed E-state index contributed by atoms with van der Waals surface area (Å²) in [6.07, 6.45) is 4.82. The second-order valence-electron chi connectivity index (χ2n) is 3.96. The van der Waals surface area contributed by atoms with Crippen LogP contribution in [-0.2, 0) is 11.2 Å². The van der Waals surface area contributed by atoms with Gasteiger partial charge in [0.1, 0.15) is 0 Å². The highest BCUT2D eigenvalue weighted by molar-refractivity contribution is 5.90. The van der Waals surface area contributed by atoms with Crippen molar-refractivity contribution in [1.29, 1.82) is 0 Å². The zero-order valence-electron chi connectivity index (χ0n) is 10.2. The molecular formula is C14H19O3. The predicted octanol–water partition coefficient (Wildman–Crippen LogP) is 2.37. The quantitative estimate of drug-likeness (QED) is 0.583. The lowest BCUT2D eigenvalue weighted by Gasteiger charge is -2.07. The number of aliphatic hydroxyl groups excluding tert-OH is 1. The first kappa shape index (κ1) is 13.7. The van der Waals surface area contributed by atoms with Crippen molar-refractivity contribution in [2.24, 2.45) is 0 Å². The zero-order chi connectivity index (χ0) is 12.5. The summed E-state index contributed by atoms with van der Waals surface area (Å²) in [4.78, 5) is 11.5. The van der Waals surface area contributed by atoms with Gasteiger partial charge in [0.25, 0.3) is 0 Å². The van der Waals surface area contributed by atoms with Crippen LogP contribution < -0.4 is 0 Å². The summed E-state index contributed by atoms with van der Waals surface area (Å²) in [6.45, 7) is 0.256. The number of methoxy groups -OCH3 is 1. The smallest absolute Gasteiger partial charge is 0.338 e. The average molecular weight is 235 g/mol.